The lowest BCUT2D eigenvalue weighted by Gasteiger charge is -2.16. The number of likely N-dealkylation sites (tertiary alicyclic amines) is 1. The fourth-order valence-corrected chi connectivity index (χ4v) is 1.86. The Hall–Kier alpha value is -1.85. The van der Waals surface area contributed by atoms with Gasteiger partial charge >= 0.3 is 0 Å². The van der Waals surface area contributed by atoms with Gasteiger partial charge in [-0.25, -0.2) is 0 Å². The molecule has 17 heavy (non-hydrogen) atoms. The lowest BCUT2D eigenvalue weighted by atomic mass is 10.2. The van der Waals surface area contributed by atoms with E-state index in [2.05, 4.69) is 10.2 Å². The second-order valence-corrected chi connectivity index (χ2v) is 3.81. The molecule has 0 aromatic carbocycles. The first-order valence-corrected chi connectivity index (χ1v) is 5.51. The number of amides is 1. The van der Waals surface area contributed by atoms with Crippen LogP contribution in [0.15, 0.2) is 6.07 Å². The van der Waals surface area contributed by atoms with Crippen LogP contribution in [-0.4, -0.2) is 48.3 Å². The molecule has 6 nitrogen and oxygen atoms in total. The Morgan fingerprint density at radius 3 is 2.53 bits per heavy atom. The highest BCUT2D eigenvalue weighted by Gasteiger charge is 2.24. The van der Waals surface area contributed by atoms with Gasteiger partial charge in [0.15, 0.2) is 0 Å². The van der Waals surface area contributed by atoms with Crippen LogP contribution in [0.1, 0.15) is 23.2 Å². The SMILES string of the molecule is COc1cc(C(=O)N2CCCC2)c(OC)nn1. The molecule has 0 atom stereocenters. The van der Waals surface area contributed by atoms with Crippen LogP contribution >= 0.6 is 0 Å². The lowest BCUT2D eigenvalue weighted by Crippen LogP contribution is -2.28. The number of methoxy groups -OCH3 is 2. The number of aromatic nitrogens is 2. The van der Waals surface area contributed by atoms with Crippen molar-refractivity contribution >= 4 is 5.91 Å². The Balaban J connectivity index is 2.30. The average molecular weight is 237 g/mol. The van der Waals surface area contributed by atoms with Gasteiger partial charge in [0.2, 0.25) is 11.8 Å². The van der Waals surface area contributed by atoms with Crippen molar-refractivity contribution in [3.8, 4) is 11.8 Å². The van der Waals surface area contributed by atoms with Gasteiger partial charge in [-0.05, 0) is 12.8 Å². The van der Waals surface area contributed by atoms with Crippen molar-refractivity contribution in [1.29, 1.82) is 0 Å². The van der Waals surface area contributed by atoms with E-state index in [1.54, 1.807) is 11.0 Å². The van der Waals surface area contributed by atoms with Gasteiger partial charge in [-0.15, -0.1) is 10.2 Å². The summed E-state index contributed by atoms with van der Waals surface area (Å²) in [5.74, 6) is 0.476. The van der Waals surface area contributed by atoms with Gasteiger partial charge in [0.1, 0.15) is 5.56 Å². The van der Waals surface area contributed by atoms with Crippen molar-refractivity contribution in [2.75, 3.05) is 27.3 Å². The van der Waals surface area contributed by atoms with Crippen molar-refractivity contribution in [1.82, 2.24) is 15.1 Å². The third kappa shape index (κ3) is 2.30. The molecular weight excluding hydrogens is 222 g/mol. The van der Waals surface area contributed by atoms with Gasteiger partial charge in [-0.3, -0.25) is 4.79 Å². The molecule has 0 aliphatic carbocycles. The minimum Gasteiger partial charge on any atom is -0.480 e. The van der Waals surface area contributed by atoms with Crippen molar-refractivity contribution in [3.05, 3.63) is 11.6 Å². The molecule has 1 aliphatic rings. The standard InChI is InChI=1S/C11H15N3O3/c1-16-9-7-8(10(17-2)13-12-9)11(15)14-5-3-4-6-14/h7H,3-6H2,1-2H3. The third-order valence-electron chi connectivity index (χ3n) is 2.76. The molecule has 92 valence electrons. The summed E-state index contributed by atoms with van der Waals surface area (Å²) in [6.07, 6.45) is 2.09. The summed E-state index contributed by atoms with van der Waals surface area (Å²) >= 11 is 0. The first-order chi connectivity index (χ1) is 8.26. The predicted octanol–water partition coefficient (Wildman–Crippen LogP) is 0.730. The fraction of sp³-hybridized carbons (Fsp3) is 0.545. The van der Waals surface area contributed by atoms with Crippen LogP contribution in [0.2, 0.25) is 0 Å². The molecule has 6 heteroatoms. The van der Waals surface area contributed by atoms with E-state index >= 15 is 0 Å². The number of ether oxygens (including phenoxy) is 2. The summed E-state index contributed by atoms with van der Waals surface area (Å²) in [5, 5.41) is 7.59. The zero-order chi connectivity index (χ0) is 12.3. The molecule has 1 aromatic heterocycles. The van der Waals surface area contributed by atoms with E-state index in [4.69, 9.17) is 9.47 Å². The van der Waals surface area contributed by atoms with E-state index in [9.17, 15) is 4.79 Å². The van der Waals surface area contributed by atoms with Gasteiger partial charge in [0, 0.05) is 19.2 Å². The summed E-state index contributed by atoms with van der Waals surface area (Å²) in [7, 11) is 2.96. The second kappa shape index (κ2) is 4.99. The van der Waals surface area contributed by atoms with Crippen LogP contribution in [0.4, 0.5) is 0 Å². The number of nitrogens with zero attached hydrogens (tertiary/aromatic N) is 3. The van der Waals surface area contributed by atoms with Crippen molar-refractivity contribution in [2.24, 2.45) is 0 Å². The van der Waals surface area contributed by atoms with Gasteiger partial charge in [0.25, 0.3) is 5.91 Å². The quantitative estimate of drug-likeness (QED) is 0.775. The van der Waals surface area contributed by atoms with Crippen LogP contribution in [0.25, 0.3) is 0 Å². The van der Waals surface area contributed by atoms with Gasteiger partial charge in [0.05, 0.1) is 14.2 Å². The molecule has 0 unspecified atom stereocenters. The predicted molar refractivity (Wildman–Crippen MR) is 60.3 cm³/mol. The van der Waals surface area contributed by atoms with Gasteiger partial charge in [-0.1, -0.05) is 0 Å². The van der Waals surface area contributed by atoms with E-state index in [1.165, 1.54) is 14.2 Å². The topological polar surface area (TPSA) is 64.5 Å². The number of hydrogen-bond acceptors (Lipinski definition) is 5. The fourth-order valence-electron chi connectivity index (χ4n) is 1.86. The van der Waals surface area contributed by atoms with Gasteiger partial charge in [-0.2, -0.15) is 0 Å². The lowest BCUT2D eigenvalue weighted by molar-refractivity contribution is 0.0787. The van der Waals surface area contributed by atoms with Crippen LogP contribution in [0.5, 0.6) is 11.8 Å². The molecule has 0 saturated carbocycles. The van der Waals surface area contributed by atoms with Crippen molar-refractivity contribution in [3.63, 3.8) is 0 Å². The number of hydrogen-bond donors (Lipinski definition) is 0. The first-order valence-electron chi connectivity index (χ1n) is 5.51. The summed E-state index contributed by atoms with van der Waals surface area (Å²) in [6.45, 7) is 1.57. The van der Waals surface area contributed by atoms with E-state index in [0.717, 1.165) is 25.9 Å². The molecule has 1 aliphatic heterocycles. The summed E-state index contributed by atoms with van der Waals surface area (Å²) in [4.78, 5) is 14.0. The maximum atomic E-state index is 12.2. The monoisotopic (exact) mass is 237 g/mol. The van der Waals surface area contributed by atoms with E-state index < -0.39 is 0 Å². The Morgan fingerprint density at radius 1 is 1.24 bits per heavy atom. The highest BCUT2D eigenvalue weighted by molar-refractivity contribution is 5.96. The normalized spacial score (nSPS) is 14.8. The van der Waals surface area contributed by atoms with Crippen molar-refractivity contribution in [2.45, 2.75) is 12.8 Å². The molecule has 2 heterocycles. The average Bonchev–Trinajstić information content (AvgIpc) is 2.91. The number of rotatable bonds is 3. The summed E-state index contributed by atoms with van der Waals surface area (Å²) in [6, 6.07) is 1.56. The molecule has 0 spiro atoms. The Labute approximate surface area is 99.5 Å². The molecule has 1 amide bonds. The minimum absolute atomic E-state index is 0.0763. The largest absolute Gasteiger partial charge is 0.480 e. The number of carbonyl (C=O) groups is 1. The maximum absolute atomic E-state index is 12.2. The van der Waals surface area contributed by atoms with Gasteiger partial charge < -0.3 is 14.4 Å². The van der Waals surface area contributed by atoms with E-state index in [1.807, 2.05) is 0 Å². The van der Waals surface area contributed by atoms with Crippen molar-refractivity contribution < 1.29 is 14.3 Å². The van der Waals surface area contributed by atoms with Crippen LogP contribution in [0.3, 0.4) is 0 Å². The van der Waals surface area contributed by atoms with Crippen LogP contribution in [0, 0.1) is 0 Å². The summed E-state index contributed by atoms with van der Waals surface area (Å²) in [5.41, 5.74) is 0.404. The second-order valence-electron chi connectivity index (χ2n) is 3.81. The molecular formula is C11H15N3O3. The molecule has 1 aromatic rings. The molecule has 1 saturated heterocycles. The number of carbonyl (C=O) groups excluding carboxylic acids is 1. The zero-order valence-corrected chi connectivity index (χ0v) is 9.97. The summed E-state index contributed by atoms with van der Waals surface area (Å²) < 4.78 is 10.0. The van der Waals surface area contributed by atoms with Crippen LogP contribution in [-0.2, 0) is 0 Å². The molecule has 0 bridgehead atoms. The molecule has 0 radical (unpaired) electrons. The Bertz CT molecular complexity index is 416. The van der Waals surface area contributed by atoms with Crippen LogP contribution < -0.4 is 9.47 Å². The Kier molecular flexibility index (Phi) is 3.41. The maximum Gasteiger partial charge on any atom is 0.259 e. The smallest absolute Gasteiger partial charge is 0.259 e. The third-order valence-corrected chi connectivity index (χ3v) is 2.76. The zero-order valence-electron chi connectivity index (χ0n) is 9.97. The molecule has 2 rings (SSSR count). The molecule has 1 fully saturated rings. The highest BCUT2D eigenvalue weighted by Crippen LogP contribution is 2.22. The Morgan fingerprint density at radius 2 is 1.94 bits per heavy atom. The highest BCUT2D eigenvalue weighted by atomic mass is 16.5. The molecule has 0 N–H and O–H groups in total. The van der Waals surface area contributed by atoms with E-state index in [0.29, 0.717) is 11.4 Å². The minimum atomic E-state index is -0.0763. The van der Waals surface area contributed by atoms with E-state index in [-0.39, 0.29) is 11.8 Å². The first kappa shape index (κ1) is 11.6.